The molecule has 0 aliphatic heterocycles. The van der Waals surface area contributed by atoms with Crippen LogP contribution in [0.2, 0.25) is 0 Å². The van der Waals surface area contributed by atoms with Gasteiger partial charge < -0.3 is 22.1 Å². The third-order valence-corrected chi connectivity index (χ3v) is 4.74. The summed E-state index contributed by atoms with van der Waals surface area (Å²) < 4.78 is 0. The van der Waals surface area contributed by atoms with E-state index >= 15 is 0 Å². The number of rotatable bonds is 5. The summed E-state index contributed by atoms with van der Waals surface area (Å²) in [5.74, 6) is 0.295. The van der Waals surface area contributed by atoms with Gasteiger partial charge in [0.15, 0.2) is 0 Å². The Labute approximate surface area is 138 Å². The first kappa shape index (κ1) is 15.7. The molecule has 0 bridgehead atoms. The van der Waals surface area contributed by atoms with E-state index in [0.717, 1.165) is 30.7 Å². The predicted molar refractivity (Wildman–Crippen MR) is 92.0 cm³/mol. The van der Waals surface area contributed by atoms with Crippen LogP contribution in [0.5, 0.6) is 0 Å². The number of carbonyl (C=O) groups excluding carboxylic acids is 1. The van der Waals surface area contributed by atoms with E-state index in [1.54, 1.807) is 0 Å². The van der Waals surface area contributed by atoms with Crippen molar-refractivity contribution in [1.82, 2.24) is 9.97 Å². The number of aromatic nitrogens is 2. The highest BCUT2D eigenvalue weighted by atomic mass is 32.1. The Morgan fingerprint density at radius 3 is 2.87 bits per heavy atom. The van der Waals surface area contributed by atoms with Gasteiger partial charge in [0, 0.05) is 18.3 Å². The van der Waals surface area contributed by atoms with Crippen molar-refractivity contribution < 1.29 is 4.79 Å². The smallest absolute Gasteiger partial charge is 0.254 e. The van der Waals surface area contributed by atoms with Crippen molar-refractivity contribution in [3.8, 4) is 0 Å². The first-order valence-corrected chi connectivity index (χ1v) is 8.51. The standard InChI is InChI=1S/C15H20N6OS/c16-10-4-1-2-5-11(10)19-15-18-8-9(13(17)22)14(21-15)20-12-6-3-7-23-12/h3,6-8,10-11H,1-2,4-5,16H2,(H2,17,22)(H2,18,19,20,21). The summed E-state index contributed by atoms with van der Waals surface area (Å²) in [5.41, 5.74) is 11.8. The zero-order chi connectivity index (χ0) is 16.2. The molecule has 2 aromatic heterocycles. The van der Waals surface area contributed by atoms with Crippen LogP contribution in [-0.2, 0) is 0 Å². The van der Waals surface area contributed by atoms with Gasteiger partial charge in [-0.2, -0.15) is 4.98 Å². The minimum atomic E-state index is -0.565. The fraction of sp³-hybridized carbons (Fsp3) is 0.400. The SMILES string of the molecule is NC(=O)c1cnc(NC2CCCCC2N)nc1Nc1cccs1. The molecule has 2 unspecified atom stereocenters. The Hall–Kier alpha value is -2.19. The molecule has 2 heterocycles. The van der Waals surface area contributed by atoms with E-state index in [9.17, 15) is 4.79 Å². The number of nitrogens with zero attached hydrogens (tertiary/aromatic N) is 2. The molecule has 2 atom stereocenters. The quantitative estimate of drug-likeness (QED) is 0.665. The maximum atomic E-state index is 11.6. The number of thiophene rings is 1. The van der Waals surface area contributed by atoms with E-state index in [2.05, 4.69) is 20.6 Å². The molecule has 2 aromatic rings. The van der Waals surface area contributed by atoms with Crippen molar-refractivity contribution in [1.29, 1.82) is 0 Å². The number of hydrogen-bond donors (Lipinski definition) is 4. The largest absolute Gasteiger partial charge is 0.365 e. The normalized spacial score (nSPS) is 20.9. The third kappa shape index (κ3) is 3.77. The molecule has 3 rings (SSSR count). The van der Waals surface area contributed by atoms with Crippen LogP contribution in [0.25, 0.3) is 0 Å². The summed E-state index contributed by atoms with van der Waals surface area (Å²) >= 11 is 1.52. The van der Waals surface area contributed by atoms with E-state index in [1.807, 2.05) is 17.5 Å². The highest BCUT2D eigenvalue weighted by molar-refractivity contribution is 7.14. The molecule has 8 heteroatoms. The predicted octanol–water partition coefficient (Wildman–Crippen LogP) is 2.06. The average Bonchev–Trinajstić information content (AvgIpc) is 3.02. The summed E-state index contributed by atoms with van der Waals surface area (Å²) in [4.78, 5) is 20.2. The van der Waals surface area contributed by atoms with Crippen molar-refractivity contribution >= 4 is 34.0 Å². The zero-order valence-corrected chi connectivity index (χ0v) is 13.5. The molecule has 6 N–H and O–H groups in total. The Balaban J connectivity index is 1.82. The minimum absolute atomic E-state index is 0.0943. The Morgan fingerprint density at radius 2 is 2.17 bits per heavy atom. The van der Waals surface area contributed by atoms with Gasteiger partial charge in [0.25, 0.3) is 5.91 Å². The summed E-state index contributed by atoms with van der Waals surface area (Å²) in [5, 5.41) is 9.22. The fourth-order valence-electron chi connectivity index (χ4n) is 2.70. The molecule has 1 aliphatic carbocycles. The summed E-state index contributed by atoms with van der Waals surface area (Å²) in [6, 6.07) is 4.06. The second-order valence-corrected chi connectivity index (χ2v) is 6.57. The van der Waals surface area contributed by atoms with Gasteiger partial charge in [-0.15, -0.1) is 11.3 Å². The maximum absolute atomic E-state index is 11.6. The van der Waals surface area contributed by atoms with Crippen LogP contribution in [0.4, 0.5) is 16.8 Å². The van der Waals surface area contributed by atoms with Crippen molar-refractivity contribution in [2.24, 2.45) is 11.5 Å². The fourth-order valence-corrected chi connectivity index (χ4v) is 3.31. The van der Waals surface area contributed by atoms with Crippen LogP contribution >= 0.6 is 11.3 Å². The first-order valence-electron chi connectivity index (χ1n) is 7.63. The monoisotopic (exact) mass is 332 g/mol. The lowest BCUT2D eigenvalue weighted by Crippen LogP contribution is -2.43. The molecule has 23 heavy (non-hydrogen) atoms. The van der Waals surface area contributed by atoms with Gasteiger partial charge >= 0.3 is 0 Å². The maximum Gasteiger partial charge on any atom is 0.254 e. The van der Waals surface area contributed by atoms with Crippen molar-refractivity contribution in [3.63, 3.8) is 0 Å². The number of amides is 1. The van der Waals surface area contributed by atoms with Crippen LogP contribution < -0.4 is 22.1 Å². The lowest BCUT2D eigenvalue weighted by atomic mass is 9.91. The molecule has 0 aromatic carbocycles. The highest BCUT2D eigenvalue weighted by Gasteiger charge is 2.23. The Bertz CT molecular complexity index is 675. The first-order chi connectivity index (χ1) is 11.1. The van der Waals surface area contributed by atoms with E-state index in [4.69, 9.17) is 11.5 Å². The van der Waals surface area contributed by atoms with Gasteiger partial charge in [0.05, 0.1) is 5.00 Å². The molecule has 7 nitrogen and oxygen atoms in total. The van der Waals surface area contributed by atoms with Gasteiger partial charge in [-0.1, -0.05) is 12.8 Å². The molecule has 0 saturated heterocycles. The molecular weight excluding hydrogens is 312 g/mol. The van der Waals surface area contributed by atoms with Crippen molar-refractivity contribution in [2.45, 2.75) is 37.8 Å². The molecule has 122 valence electrons. The lowest BCUT2D eigenvalue weighted by Gasteiger charge is -2.29. The van der Waals surface area contributed by atoms with Crippen LogP contribution in [0.15, 0.2) is 23.7 Å². The summed E-state index contributed by atoms with van der Waals surface area (Å²) in [6.07, 6.45) is 5.74. The van der Waals surface area contributed by atoms with E-state index in [0.29, 0.717) is 11.8 Å². The topological polar surface area (TPSA) is 119 Å². The van der Waals surface area contributed by atoms with Gasteiger partial charge in [-0.25, -0.2) is 4.98 Å². The van der Waals surface area contributed by atoms with Gasteiger partial charge in [-0.3, -0.25) is 4.79 Å². The molecule has 0 radical (unpaired) electrons. The van der Waals surface area contributed by atoms with Crippen LogP contribution in [0.3, 0.4) is 0 Å². The van der Waals surface area contributed by atoms with Gasteiger partial charge in [0.1, 0.15) is 11.4 Å². The molecular formula is C15H20N6OS. The van der Waals surface area contributed by atoms with Crippen LogP contribution in [-0.4, -0.2) is 28.0 Å². The number of primary amides is 1. The zero-order valence-electron chi connectivity index (χ0n) is 12.7. The lowest BCUT2D eigenvalue weighted by molar-refractivity contribution is 0.100. The third-order valence-electron chi connectivity index (χ3n) is 3.95. The highest BCUT2D eigenvalue weighted by Crippen LogP contribution is 2.24. The molecule has 1 fully saturated rings. The van der Waals surface area contributed by atoms with Crippen molar-refractivity contribution in [2.75, 3.05) is 10.6 Å². The Kier molecular flexibility index (Phi) is 4.73. The number of anilines is 3. The second kappa shape index (κ2) is 6.93. The van der Waals surface area contributed by atoms with E-state index < -0.39 is 5.91 Å². The van der Waals surface area contributed by atoms with Gasteiger partial charge in [-0.05, 0) is 30.4 Å². The van der Waals surface area contributed by atoms with Crippen molar-refractivity contribution in [3.05, 3.63) is 29.3 Å². The Morgan fingerprint density at radius 1 is 1.35 bits per heavy atom. The van der Waals surface area contributed by atoms with Crippen LogP contribution in [0, 0.1) is 0 Å². The van der Waals surface area contributed by atoms with E-state index in [1.165, 1.54) is 17.5 Å². The number of carbonyl (C=O) groups is 1. The number of hydrogen-bond acceptors (Lipinski definition) is 7. The molecule has 0 spiro atoms. The second-order valence-electron chi connectivity index (χ2n) is 5.62. The summed E-state index contributed by atoms with van der Waals surface area (Å²) in [6.45, 7) is 0. The number of nitrogens with two attached hydrogens (primary N) is 2. The van der Waals surface area contributed by atoms with E-state index in [-0.39, 0.29) is 17.6 Å². The minimum Gasteiger partial charge on any atom is -0.365 e. The molecule has 1 saturated carbocycles. The number of nitrogens with one attached hydrogen (secondary N) is 2. The van der Waals surface area contributed by atoms with Gasteiger partial charge in [0.2, 0.25) is 5.95 Å². The summed E-state index contributed by atoms with van der Waals surface area (Å²) in [7, 11) is 0. The van der Waals surface area contributed by atoms with Crippen LogP contribution in [0.1, 0.15) is 36.0 Å². The average molecular weight is 332 g/mol. The molecule has 1 amide bonds. The molecule has 1 aliphatic rings.